The van der Waals surface area contributed by atoms with Gasteiger partial charge in [0.2, 0.25) is 0 Å². The van der Waals surface area contributed by atoms with Gasteiger partial charge in [-0.15, -0.1) is 0 Å². The third kappa shape index (κ3) is 5.13. The van der Waals surface area contributed by atoms with Crippen molar-refractivity contribution in [2.45, 2.75) is 64.5 Å². The Kier molecular flexibility index (Phi) is 6.96. The van der Waals surface area contributed by atoms with Crippen molar-refractivity contribution in [1.82, 2.24) is 15.5 Å². The Morgan fingerprint density at radius 1 is 1.27 bits per heavy atom. The summed E-state index contributed by atoms with van der Waals surface area (Å²) in [4.78, 5) is 14.6. The monoisotopic (exact) mass is 311 g/mol. The Bertz CT molecular complexity index is 351. The predicted octanol–water partition coefficient (Wildman–Crippen LogP) is 1.96. The summed E-state index contributed by atoms with van der Waals surface area (Å²) in [5, 5.41) is 15.5. The lowest BCUT2D eigenvalue weighted by molar-refractivity contribution is 0.135. The van der Waals surface area contributed by atoms with Crippen LogP contribution in [0.1, 0.15) is 52.4 Å². The van der Waals surface area contributed by atoms with E-state index in [1.165, 1.54) is 12.8 Å². The SMILES string of the molecule is CC1CCCN(C(C)CNC(=O)NC2CCCCC2CO)C1. The van der Waals surface area contributed by atoms with Crippen LogP contribution >= 0.6 is 0 Å². The first-order chi connectivity index (χ1) is 10.6. The molecule has 0 spiro atoms. The van der Waals surface area contributed by atoms with Crippen molar-refractivity contribution in [3.05, 3.63) is 0 Å². The molecule has 0 aromatic rings. The minimum atomic E-state index is -0.0812. The molecule has 22 heavy (non-hydrogen) atoms. The largest absolute Gasteiger partial charge is 0.396 e. The molecule has 1 heterocycles. The van der Waals surface area contributed by atoms with Crippen LogP contribution in [0.3, 0.4) is 0 Å². The lowest BCUT2D eigenvalue weighted by Gasteiger charge is -2.36. The molecular formula is C17H33N3O2. The summed E-state index contributed by atoms with van der Waals surface area (Å²) in [5.74, 6) is 0.984. The number of nitrogens with zero attached hydrogens (tertiary/aromatic N) is 1. The number of hydrogen-bond acceptors (Lipinski definition) is 3. The summed E-state index contributed by atoms with van der Waals surface area (Å²) in [5.41, 5.74) is 0. The van der Waals surface area contributed by atoms with Crippen molar-refractivity contribution >= 4 is 6.03 Å². The van der Waals surface area contributed by atoms with Gasteiger partial charge in [0.15, 0.2) is 0 Å². The molecule has 1 aliphatic heterocycles. The quantitative estimate of drug-likeness (QED) is 0.727. The Labute approximate surface area is 134 Å². The molecule has 1 saturated heterocycles. The van der Waals surface area contributed by atoms with E-state index in [1.807, 2.05) is 0 Å². The summed E-state index contributed by atoms with van der Waals surface area (Å²) in [6.07, 6.45) is 6.89. The maximum Gasteiger partial charge on any atom is 0.315 e. The average Bonchev–Trinajstić information content (AvgIpc) is 2.53. The normalized spacial score (nSPS) is 31.5. The molecule has 1 aliphatic carbocycles. The lowest BCUT2D eigenvalue weighted by atomic mass is 9.85. The van der Waals surface area contributed by atoms with Gasteiger partial charge in [0, 0.05) is 37.7 Å². The molecule has 0 bridgehead atoms. The predicted molar refractivity (Wildman–Crippen MR) is 88.8 cm³/mol. The Hall–Kier alpha value is -0.810. The zero-order valence-corrected chi connectivity index (χ0v) is 14.2. The van der Waals surface area contributed by atoms with Crippen LogP contribution in [0.5, 0.6) is 0 Å². The van der Waals surface area contributed by atoms with Crippen molar-refractivity contribution in [2.24, 2.45) is 11.8 Å². The number of carbonyl (C=O) groups excluding carboxylic acids is 1. The maximum absolute atomic E-state index is 12.1. The van der Waals surface area contributed by atoms with Crippen molar-refractivity contribution in [1.29, 1.82) is 0 Å². The Morgan fingerprint density at radius 2 is 2.05 bits per heavy atom. The van der Waals surface area contributed by atoms with Crippen LogP contribution in [0, 0.1) is 11.8 Å². The molecule has 4 unspecified atom stereocenters. The Morgan fingerprint density at radius 3 is 2.77 bits per heavy atom. The molecule has 3 N–H and O–H groups in total. The van der Waals surface area contributed by atoms with E-state index in [1.54, 1.807) is 0 Å². The molecular weight excluding hydrogens is 278 g/mol. The molecule has 4 atom stereocenters. The molecule has 2 amide bonds. The van der Waals surface area contributed by atoms with Gasteiger partial charge in [0.1, 0.15) is 0 Å². The summed E-state index contributed by atoms with van der Waals surface area (Å²) < 4.78 is 0. The van der Waals surface area contributed by atoms with E-state index in [0.29, 0.717) is 12.6 Å². The van der Waals surface area contributed by atoms with Crippen molar-refractivity contribution in [2.75, 3.05) is 26.2 Å². The highest BCUT2D eigenvalue weighted by Crippen LogP contribution is 2.23. The van der Waals surface area contributed by atoms with Gasteiger partial charge >= 0.3 is 6.03 Å². The average molecular weight is 311 g/mol. The number of piperidine rings is 1. The first kappa shape index (κ1) is 17.5. The van der Waals surface area contributed by atoms with Crippen molar-refractivity contribution in [3.63, 3.8) is 0 Å². The van der Waals surface area contributed by atoms with E-state index in [-0.39, 0.29) is 24.6 Å². The lowest BCUT2D eigenvalue weighted by Crippen LogP contribution is -2.51. The van der Waals surface area contributed by atoms with Crippen molar-refractivity contribution in [3.8, 4) is 0 Å². The molecule has 2 rings (SSSR count). The van der Waals surface area contributed by atoms with E-state index >= 15 is 0 Å². The smallest absolute Gasteiger partial charge is 0.315 e. The summed E-state index contributed by atoms with van der Waals surface area (Å²) in [7, 11) is 0. The molecule has 5 heteroatoms. The highest BCUT2D eigenvalue weighted by Gasteiger charge is 2.26. The van der Waals surface area contributed by atoms with Crippen LogP contribution in [-0.2, 0) is 0 Å². The van der Waals surface area contributed by atoms with Gasteiger partial charge in [-0.3, -0.25) is 4.90 Å². The molecule has 0 aromatic carbocycles. The standard InChI is InChI=1S/C17H33N3O2/c1-13-6-5-9-20(11-13)14(2)10-18-17(22)19-16-8-4-3-7-15(16)12-21/h13-16,21H,3-12H2,1-2H3,(H2,18,19,22). The fraction of sp³-hybridized carbons (Fsp3) is 0.941. The highest BCUT2D eigenvalue weighted by molar-refractivity contribution is 5.74. The zero-order chi connectivity index (χ0) is 15.9. The Balaban J connectivity index is 1.70. The molecule has 5 nitrogen and oxygen atoms in total. The summed E-state index contributed by atoms with van der Waals surface area (Å²) in [6.45, 7) is 7.64. The number of hydrogen-bond donors (Lipinski definition) is 3. The van der Waals surface area contributed by atoms with E-state index in [4.69, 9.17) is 0 Å². The molecule has 0 radical (unpaired) electrons. The third-order valence-corrected chi connectivity index (χ3v) is 5.33. The van der Waals surface area contributed by atoms with E-state index in [0.717, 1.165) is 44.7 Å². The fourth-order valence-corrected chi connectivity index (χ4v) is 3.83. The number of amides is 2. The second-order valence-corrected chi connectivity index (χ2v) is 7.28. The van der Waals surface area contributed by atoms with Gasteiger partial charge in [0.25, 0.3) is 0 Å². The maximum atomic E-state index is 12.1. The number of nitrogens with one attached hydrogen (secondary N) is 2. The van der Waals surface area contributed by atoms with Crippen molar-refractivity contribution < 1.29 is 9.90 Å². The topological polar surface area (TPSA) is 64.6 Å². The molecule has 2 fully saturated rings. The fourth-order valence-electron chi connectivity index (χ4n) is 3.83. The molecule has 2 aliphatic rings. The van der Waals surface area contributed by atoms with E-state index < -0.39 is 0 Å². The van der Waals surface area contributed by atoms with Gasteiger partial charge in [-0.05, 0) is 45.1 Å². The van der Waals surface area contributed by atoms with Crippen LogP contribution < -0.4 is 10.6 Å². The van der Waals surface area contributed by atoms with Crippen LogP contribution in [0.15, 0.2) is 0 Å². The van der Waals surface area contributed by atoms with Crippen LogP contribution in [-0.4, -0.2) is 54.4 Å². The van der Waals surface area contributed by atoms with Gasteiger partial charge in [-0.1, -0.05) is 19.8 Å². The molecule has 1 saturated carbocycles. The zero-order valence-electron chi connectivity index (χ0n) is 14.2. The minimum Gasteiger partial charge on any atom is -0.396 e. The molecule has 0 aromatic heterocycles. The van der Waals surface area contributed by atoms with Crippen LogP contribution in [0.2, 0.25) is 0 Å². The minimum absolute atomic E-state index is 0.0812. The first-order valence-electron chi connectivity index (χ1n) is 8.99. The second-order valence-electron chi connectivity index (χ2n) is 7.28. The third-order valence-electron chi connectivity index (χ3n) is 5.33. The molecule has 128 valence electrons. The number of aliphatic hydroxyl groups excluding tert-OH is 1. The number of carbonyl (C=O) groups is 1. The van der Waals surface area contributed by atoms with E-state index in [9.17, 15) is 9.90 Å². The van der Waals surface area contributed by atoms with Gasteiger partial charge in [-0.2, -0.15) is 0 Å². The van der Waals surface area contributed by atoms with Gasteiger partial charge < -0.3 is 15.7 Å². The number of rotatable bonds is 5. The van der Waals surface area contributed by atoms with Crippen LogP contribution in [0.4, 0.5) is 4.79 Å². The second kappa shape index (κ2) is 8.73. The van der Waals surface area contributed by atoms with Gasteiger partial charge in [0.05, 0.1) is 0 Å². The highest BCUT2D eigenvalue weighted by atomic mass is 16.3. The number of aliphatic hydroxyl groups is 1. The number of urea groups is 1. The van der Waals surface area contributed by atoms with Crippen LogP contribution in [0.25, 0.3) is 0 Å². The number of likely N-dealkylation sites (tertiary alicyclic amines) is 1. The van der Waals surface area contributed by atoms with E-state index in [2.05, 4.69) is 29.4 Å². The first-order valence-corrected chi connectivity index (χ1v) is 8.99. The summed E-state index contributed by atoms with van der Waals surface area (Å²) >= 11 is 0. The summed E-state index contributed by atoms with van der Waals surface area (Å²) in [6, 6.07) is 0.430. The van der Waals surface area contributed by atoms with Gasteiger partial charge in [-0.25, -0.2) is 4.79 Å².